The number of aromatic nitrogens is 4. The molecule has 0 aliphatic heterocycles. The Balaban J connectivity index is 1.32. The minimum absolute atomic E-state index is 0.730. The lowest BCUT2D eigenvalue weighted by Gasteiger charge is -2.16. The van der Waals surface area contributed by atoms with Gasteiger partial charge in [-0.3, -0.25) is 0 Å². The largest absolute Gasteiger partial charge is 0.307 e. The Bertz CT molecular complexity index is 3130. The van der Waals surface area contributed by atoms with Crippen LogP contribution < -0.4 is 0 Å². The van der Waals surface area contributed by atoms with Crippen molar-refractivity contribution in [3.05, 3.63) is 170 Å². The summed E-state index contributed by atoms with van der Waals surface area (Å²) in [6, 6.07) is 60.6. The van der Waals surface area contributed by atoms with Gasteiger partial charge in [0.25, 0.3) is 0 Å². The summed E-state index contributed by atoms with van der Waals surface area (Å²) in [5.41, 5.74) is 9.91. The molecule has 238 valence electrons. The molecule has 11 aromatic rings. The van der Waals surface area contributed by atoms with Crippen LogP contribution >= 0.6 is 11.3 Å². The van der Waals surface area contributed by atoms with E-state index in [4.69, 9.17) is 9.97 Å². The summed E-state index contributed by atoms with van der Waals surface area (Å²) in [6.45, 7) is 0. The van der Waals surface area contributed by atoms with E-state index in [-0.39, 0.29) is 0 Å². The smallest absolute Gasteiger partial charge is 0.161 e. The van der Waals surface area contributed by atoms with Gasteiger partial charge in [0, 0.05) is 53.8 Å². The van der Waals surface area contributed by atoms with E-state index in [1.54, 1.807) is 11.3 Å². The fourth-order valence-corrected chi connectivity index (χ4v) is 9.08. The summed E-state index contributed by atoms with van der Waals surface area (Å²) in [4.78, 5) is 11.6. The number of para-hydroxylation sites is 4. The standard InChI is InChI=1S/C46H28N4S/c1-3-15-29(16-4-1)45-47-42(41-36-22-10-14-26-40(36)51-46(41)48-45)35-21-9-13-25-39(35)50-38-24-12-8-20-32(38)34-28-27-33-31-19-7-11-23-37(31)49(43(33)44(34)50)30-17-5-2-6-18-30/h1-28H. The van der Waals surface area contributed by atoms with Gasteiger partial charge in [0.1, 0.15) is 4.83 Å². The topological polar surface area (TPSA) is 35.6 Å². The van der Waals surface area contributed by atoms with Crippen molar-refractivity contribution in [1.82, 2.24) is 19.1 Å². The number of hydrogen-bond acceptors (Lipinski definition) is 3. The summed E-state index contributed by atoms with van der Waals surface area (Å²) in [7, 11) is 0. The summed E-state index contributed by atoms with van der Waals surface area (Å²) in [6.07, 6.45) is 0. The third kappa shape index (κ3) is 4.13. The molecule has 0 radical (unpaired) electrons. The highest BCUT2D eigenvalue weighted by Gasteiger charge is 2.24. The minimum Gasteiger partial charge on any atom is -0.307 e. The minimum atomic E-state index is 0.730. The van der Waals surface area contributed by atoms with Crippen LogP contribution in [0.25, 0.3) is 97.9 Å². The van der Waals surface area contributed by atoms with Crippen LogP contribution in [-0.2, 0) is 0 Å². The molecule has 0 amide bonds. The van der Waals surface area contributed by atoms with Crippen molar-refractivity contribution < 1.29 is 0 Å². The SMILES string of the molecule is c1ccc(-c2nc(-c3ccccc3-n3c4ccccc4c4ccc5c6ccccc6n(-c6ccccc6)c5c43)c3c(n2)sc2ccccc23)cc1. The third-order valence-corrected chi connectivity index (χ3v) is 11.2. The molecular weight excluding hydrogens is 641 g/mol. The van der Waals surface area contributed by atoms with Crippen LogP contribution in [0.1, 0.15) is 0 Å². The fourth-order valence-electron chi connectivity index (χ4n) is 8.00. The average Bonchev–Trinajstić information content (AvgIpc) is 3.86. The van der Waals surface area contributed by atoms with Gasteiger partial charge >= 0.3 is 0 Å². The molecule has 0 N–H and O–H groups in total. The first-order valence-corrected chi connectivity index (χ1v) is 18.0. The van der Waals surface area contributed by atoms with E-state index in [2.05, 4.69) is 173 Å². The Morgan fingerprint density at radius 3 is 1.75 bits per heavy atom. The predicted molar refractivity (Wildman–Crippen MR) is 214 cm³/mol. The second-order valence-corrected chi connectivity index (χ2v) is 14.0. The highest BCUT2D eigenvalue weighted by Crippen LogP contribution is 2.45. The maximum atomic E-state index is 5.43. The molecule has 4 heterocycles. The van der Waals surface area contributed by atoms with Gasteiger partial charge in [-0.05, 0) is 36.4 Å². The van der Waals surface area contributed by atoms with Crippen LogP contribution in [0.2, 0.25) is 0 Å². The first kappa shape index (κ1) is 28.3. The maximum absolute atomic E-state index is 5.43. The molecule has 0 spiro atoms. The molecule has 0 aliphatic rings. The molecule has 0 unspecified atom stereocenters. The van der Waals surface area contributed by atoms with Crippen LogP contribution in [-0.4, -0.2) is 19.1 Å². The second-order valence-electron chi connectivity index (χ2n) is 13.0. The van der Waals surface area contributed by atoms with Crippen molar-refractivity contribution in [1.29, 1.82) is 0 Å². The van der Waals surface area contributed by atoms with Gasteiger partial charge in [-0.15, -0.1) is 11.3 Å². The third-order valence-electron chi connectivity index (χ3n) is 10.2. The normalized spacial score (nSPS) is 11.9. The highest BCUT2D eigenvalue weighted by atomic mass is 32.1. The van der Waals surface area contributed by atoms with Crippen molar-refractivity contribution >= 4 is 75.3 Å². The molecule has 4 aromatic heterocycles. The van der Waals surface area contributed by atoms with E-state index in [0.29, 0.717) is 0 Å². The van der Waals surface area contributed by atoms with Crippen molar-refractivity contribution in [3.63, 3.8) is 0 Å². The maximum Gasteiger partial charge on any atom is 0.161 e. The van der Waals surface area contributed by atoms with Crippen LogP contribution in [0.3, 0.4) is 0 Å². The van der Waals surface area contributed by atoms with Gasteiger partial charge in [0.05, 0.1) is 33.4 Å². The summed E-state index contributed by atoms with van der Waals surface area (Å²) in [5, 5.41) is 7.16. The quantitative estimate of drug-likeness (QED) is 0.187. The van der Waals surface area contributed by atoms with E-state index in [0.717, 1.165) is 49.8 Å². The molecule has 0 fully saturated rings. The Hall–Kier alpha value is -6.56. The number of benzene rings is 7. The number of fused-ring (bicyclic) bond motifs is 10. The van der Waals surface area contributed by atoms with Gasteiger partial charge in [0.2, 0.25) is 0 Å². The average molecular weight is 669 g/mol. The van der Waals surface area contributed by atoms with Crippen molar-refractivity contribution in [2.75, 3.05) is 0 Å². The molecule has 51 heavy (non-hydrogen) atoms. The van der Waals surface area contributed by atoms with Crippen molar-refractivity contribution in [3.8, 4) is 34.0 Å². The van der Waals surface area contributed by atoms with E-state index in [9.17, 15) is 0 Å². The van der Waals surface area contributed by atoms with Crippen LogP contribution in [0, 0.1) is 0 Å². The van der Waals surface area contributed by atoms with Crippen LogP contribution in [0.4, 0.5) is 0 Å². The molecule has 7 aromatic carbocycles. The predicted octanol–water partition coefficient (Wildman–Crippen LogP) is 12.4. The first-order chi connectivity index (χ1) is 25.3. The van der Waals surface area contributed by atoms with Gasteiger partial charge in [0.15, 0.2) is 5.82 Å². The number of rotatable bonds is 4. The molecule has 0 saturated carbocycles. The molecular formula is C46H28N4S. The van der Waals surface area contributed by atoms with E-state index in [1.165, 1.54) is 48.2 Å². The Morgan fingerprint density at radius 2 is 1.00 bits per heavy atom. The van der Waals surface area contributed by atoms with Gasteiger partial charge < -0.3 is 9.13 Å². The van der Waals surface area contributed by atoms with E-state index in [1.807, 2.05) is 6.07 Å². The Labute approximate surface area is 297 Å². The van der Waals surface area contributed by atoms with E-state index < -0.39 is 0 Å². The lowest BCUT2D eigenvalue weighted by molar-refractivity contribution is 1.14. The van der Waals surface area contributed by atoms with Crippen molar-refractivity contribution in [2.45, 2.75) is 0 Å². The highest BCUT2D eigenvalue weighted by molar-refractivity contribution is 7.25. The summed E-state index contributed by atoms with van der Waals surface area (Å²) >= 11 is 1.73. The monoisotopic (exact) mass is 668 g/mol. The Kier molecular flexibility index (Phi) is 6.09. The first-order valence-electron chi connectivity index (χ1n) is 17.2. The summed E-state index contributed by atoms with van der Waals surface area (Å²) in [5.74, 6) is 0.730. The molecule has 0 atom stereocenters. The van der Waals surface area contributed by atoms with Crippen molar-refractivity contribution in [2.24, 2.45) is 0 Å². The van der Waals surface area contributed by atoms with E-state index >= 15 is 0 Å². The number of hydrogen-bond donors (Lipinski definition) is 0. The lowest BCUT2D eigenvalue weighted by atomic mass is 10.0. The van der Waals surface area contributed by atoms with Gasteiger partial charge in [-0.1, -0.05) is 133 Å². The second kappa shape index (κ2) is 11.0. The fraction of sp³-hybridized carbons (Fsp3) is 0. The van der Waals surface area contributed by atoms with Gasteiger partial charge in [-0.25, -0.2) is 9.97 Å². The number of thiophene rings is 1. The van der Waals surface area contributed by atoms with Gasteiger partial charge in [-0.2, -0.15) is 0 Å². The lowest BCUT2D eigenvalue weighted by Crippen LogP contribution is -2.02. The molecule has 0 saturated heterocycles. The number of nitrogens with zero attached hydrogens (tertiary/aromatic N) is 4. The molecule has 11 rings (SSSR count). The molecule has 0 aliphatic carbocycles. The zero-order chi connectivity index (χ0) is 33.5. The molecule has 5 heteroatoms. The van der Waals surface area contributed by atoms with Crippen LogP contribution in [0.5, 0.6) is 0 Å². The zero-order valence-corrected chi connectivity index (χ0v) is 28.2. The summed E-state index contributed by atoms with van der Waals surface area (Å²) < 4.78 is 6.12. The van der Waals surface area contributed by atoms with Crippen LogP contribution in [0.15, 0.2) is 170 Å². The zero-order valence-electron chi connectivity index (χ0n) is 27.4. The molecule has 0 bridgehead atoms. The Morgan fingerprint density at radius 1 is 0.431 bits per heavy atom. The molecule has 4 nitrogen and oxygen atoms in total.